The summed E-state index contributed by atoms with van der Waals surface area (Å²) in [7, 11) is 3.52. The van der Waals surface area contributed by atoms with Crippen LogP contribution in [0.4, 0.5) is 0 Å². The summed E-state index contributed by atoms with van der Waals surface area (Å²) in [6.07, 6.45) is 2.66. The van der Waals surface area contributed by atoms with Crippen LogP contribution in [0.5, 0.6) is 5.75 Å². The Morgan fingerprint density at radius 3 is 2.71 bits per heavy atom. The fourth-order valence-corrected chi connectivity index (χ4v) is 2.77. The molecule has 2 rings (SSSR count). The van der Waals surface area contributed by atoms with E-state index in [0.29, 0.717) is 10.0 Å². The fourth-order valence-electron chi connectivity index (χ4n) is 2.32. The van der Waals surface area contributed by atoms with E-state index in [0.717, 1.165) is 30.0 Å². The van der Waals surface area contributed by atoms with Gasteiger partial charge in [-0.15, -0.1) is 0 Å². The van der Waals surface area contributed by atoms with E-state index in [1.165, 1.54) is 0 Å². The number of hydrogen-bond donors (Lipinski definition) is 1. The Kier molecular flexibility index (Phi) is 5.51. The molecule has 21 heavy (non-hydrogen) atoms. The summed E-state index contributed by atoms with van der Waals surface area (Å²) in [5, 5.41) is 8.99. The number of benzene rings is 1. The lowest BCUT2D eigenvalue weighted by Crippen LogP contribution is -2.26. The summed E-state index contributed by atoms with van der Waals surface area (Å²) < 4.78 is 7.24. The Labute approximate surface area is 135 Å². The third kappa shape index (κ3) is 3.51. The molecule has 1 aromatic carbocycles. The van der Waals surface area contributed by atoms with Gasteiger partial charge in [-0.05, 0) is 31.2 Å². The first-order valence-corrected chi connectivity index (χ1v) is 7.58. The smallest absolute Gasteiger partial charge is 0.124 e. The lowest BCUT2D eigenvalue weighted by molar-refractivity contribution is 0.402. The van der Waals surface area contributed by atoms with Crippen LogP contribution in [0.1, 0.15) is 30.6 Å². The van der Waals surface area contributed by atoms with Crippen molar-refractivity contribution in [3.05, 3.63) is 45.7 Å². The molecule has 1 heterocycles. The summed E-state index contributed by atoms with van der Waals surface area (Å²) >= 11 is 12.5. The zero-order valence-corrected chi connectivity index (χ0v) is 13.9. The number of nitrogens with one attached hydrogen (secondary N) is 1. The Morgan fingerprint density at radius 2 is 2.14 bits per heavy atom. The second-order valence-electron chi connectivity index (χ2n) is 4.77. The van der Waals surface area contributed by atoms with Crippen LogP contribution in [-0.2, 0) is 7.05 Å². The molecule has 0 aliphatic heterocycles. The van der Waals surface area contributed by atoms with Crippen molar-refractivity contribution in [1.82, 2.24) is 15.1 Å². The first-order valence-electron chi connectivity index (χ1n) is 6.82. The zero-order chi connectivity index (χ0) is 15.4. The van der Waals surface area contributed by atoms with Crippen LogP contribution in [0.15, 0.2) is 24.4 Å². The van der Waals surface area contributed by atoms with Gasteiger partial charge in [0.25, 0.3) is 0 Å². The molecule has 6 heteroatoms. The molecule has 0 bridgehead atoms. The highest BCUT2D eigenvalue weighted by molar-refractivity contribution is 6.31. The topological polar surface area (TPSA) is 39.1 Å². The number of methoxy groups -OCH3 is 1. The molecule has 0 fully saturated rings. The number of halogens is 2. The molecule has 0 saturated heterocycles. The highest BCUT2D eigenvalue weighted by atomic mass is 35.5. The van der Waals surface area contributed by atoms with Gasteiger partial charge in [-0.2, -0.15) is 5.10 Å². The van der Waals surface area contributed by atoms with Crippen LogP contribution in [-0.4, -0.2) is 23.4 Å². The molecule has 0 amide bonds. The maximum absolute atomic E-state index is 6.31. The van der Waals surface area contributed by atoms with Gasteiger partial charge < -0.3 is 10.1 Å². The van der Waals surface area contributed by atoms with Crippen LogP contribution in [0.25, 0.3) is 0 Å². The van der Waals surface area contributed by atoms with Crippen LogP contribution in [0.3, 0.4) is 0 Å². The average Bonchev–Trinajstić information content (AvgIpc) is 2.80. The lowest BCUT2D eigenvalue weighted by atomic mass is 10.0. The van der Waals surface area contributed by atoms with Gasteiger partial charge in [-0.3, -0.25) is 4.68 Å². The second kappa shape index (κ2) is 7.16. The standard InChI is InChI=1S/C15H19Cl2N3O/c1-4-7-18-14(15-12(17)9-19-20(15)2)11-8-10(16)5-6-13(11)21-3/h5-6,8-9,14,18H,4,7H2,1-3H3. The number of ether oxygens (including phenoxy) is 1. The van der Waals surface area contributed by atoms with Gasteiger partial charge in [-0.1, -0.05) is 30.1 Å². The van der Waals surface area contributed by atoms with E-state index in [4.69, 9.17) is 27.9 Å². The van der Waals surface area contributed by atoms with Crippen molar-refractivity contribution in [1.29, 1.82) is 0 Å². The van der Waals surface area contributed by atoms with Gasteiger partial charge in [0.2, 0.25) is 0 Å². The molecule has 0 saturated carbocycles. The summed E-state index contributed by atoms with van der Waals surface area (Å²) in [6.45, 7) is 2.96. The minimum absolute atomic E-state index is 0.126. The number of aryl methyl sites for hydroxylation is 1. The van der Waals surface area contributed by atoms with E-state index < -0.39 is 0 Å². The molecular formula is C15H19Cl2N3O. The predicted octanol–water partition coefficient (Wildman–Crippen LogP) is 3.82. The van der Waals surface area contributed by atoms with Gasteiger partial charge in [0.1, 0.15) is 5.75 Å². The van der Waals surface area contributed by atoms with Gasteiger partial charge in [-0.25, -0.2) is 0 Å². The molecule has 0 spiro atoms. The van der Waals surface area contributed by atoms with Crippen molar-refractivity contribution in [2.75, 3.05) is 13.7 Å². The highest BCUT2D eigenvalue weighted by Crippen LogP contribution is 2.34. The number of rotatable bonds is 6. The highest BCUT2D eigenvalue weighted by Gasteiger charge is 2.23. The number of hydrogen-bond acceptors (Lipinski definition) is 3. The Balaban J connectivity index is 2.53. The fraction of sp³-hybridized carbons (Fsp3) is 0.400. The minimum Gasteiger partial charge on any atom is -0.496 e. The third-order valence-corrected chi connectivity index (χ3v) is 3.84. The van der Waals surface area contributed by atoms with Crippen LogP contribution in [0.2, 0.25) is 10.0 Å². The van der Waals surface area contributed by atoms with Crippen LogP contribution in [0, 0.1) is 0 Å². The third-order valence-electron chi connectivity index (χ3n) is 3.31. The molecule has 0 aliphatic rings. The molecule has 0 aliphatic carbocycles. The number of aromatic nitrogens is 2. The van der Waals surface area contributed by atoms with Crippen LogP contribution < -0.4 is 10.1 Å². The van der Waals surface area contributed by atoms with Crippen molar-refractivity contribution >= 4 is 23.2 Å². The second-order valence-corrected chi connectivity index (χ2v) is 5.62. The molecular weight excluding hydrogens is 309 g/mol. The Morgan fingerprint density at radius 1 is 1.38 bits per heavy atom. The molecule has 114 valence electrons. The quantitative estimate of drug-likeness (QED) is 0.876. The maximum atomic E-state index is 6.31. The van der Waals surface area contributed by atoms with E-state index in [9.17, 15) is 0 Å². The van der Waals surface area contributed by atoms with Crippen molar-refractivity contribution in [3.8, 4) is 5.75 Å². The van der Waals surface area contributed by atoms with Crippen molar-refractivity contribution in [2.24, 2.45) is 7.05 Å². The number of nitrogens with zero attached hydrogens (tertiary/aromatic N) is 2. The van der Waals surface area contributed by atoms with Gasteiger partial charge in [0.15, 0.2) is 0 Å². The monoisotopic (exact) mass is 327 g/mol. The molecule has 2 aromatic rings. The first-order chi connectivity index (χ1) is 10.1. The van der Waals surface area contributed by atoms with Gasteiger partial charge >= 0.3 is 0 Å². The maximum Gasteiger partial charge on any atom is 0.124 e. The van der Waals surface area contributed by atoms with E-state index in [1.54, 1.807) is 18.0 Å². The molecule has 1 unspecified atom stereocenters. The lowest BCUT2D eigenvalue weighted by Gasteiger charge is -2.22. The SMILES string of the molecule is CCCNC(c1cc(Cl)ccc1OC)c1c(Cl)cnn1C. The summed E-state index contributed by atoms with van der Waals surface area (Å²) in [4.78, 5) is 0. The largest absolute Gasteiger partial charge is 0.496 e. The summed E-state index contributed by atoms with van der Waals surface area (Å²) in [6, 6.07) is 5.45. The Hall–Kier alpha value is -1.23. The van der Waals surface area contributed by atoms with Crippen molar-refractivity contribution in [2.45, 2.75) is 19.4 Å². The van der Waals surface area contributed by atoms with Crippen LogP contribution >= 0.6 is 23.2 Å². The zero-order valence-electron chi connectivity index (χ0n) is 12.4. The van der Waals surface area contributed by atoms with Crippen molar-refractivity contribution < 1.29 is 4.74 Å². The molecule has 1 aromatic heterocycles. The van der Waals surface area contributed by atoms with E-state index in [2.05, 4.69) is 17.3 Å². The molecule has 1 atom stereocenters. The molecule has 4 nitrogen and oxygen atoms in total. The minimum atomic E-state index is -0.126. The van der Waals surface area contributed by atoms with E-state index in [-0.39, 0.29) is 6.04 Å². The normalized spacial score (nSPS) is 12.4. The van der Waals surface area contributed by atoms with E-state index in [1.807, 2.05) is 25.2 Å². The summed E-state index contributed by atoms with van der Waals surface area (Å²) in [5.74, 6) is 0.769. The average molecular weight is 328 g/mol. The Bertz CT molecular complexity index is 593. The molecule has 0 radical (unpaired) electrons. The van der Waals surface area contributed by atoms with E-state index >= 15 is 0 Å². The molecule has 1 N–H and O–H groups in total. The summed E-state index contributed by atoms with van der Waals surface area (Å²) in [5.41, 5.74) is 1.84. The first kappa shape index (κ1) is 16.1. The van der Waals surface area contributed by atoms with Gasteiger partial charge in [0, 0.05) is 17.6 Å². The van der Waals surface area contributed by atoms with Gasteiger partial charge in [0.05, 0.1) is 30.1 Å². The van der Waals surface area contributed by atoms with Crippen molar-refractivity contribution in [3.63, 3.8) is 0 Å². The predicted molar refractivity (Wildman–Crippen MR) is 86.4 cm³/mol.